The van der Waals surface area contributed by atoms with Crippen molar-refractivity contribution >= 4 is 11.7 Å². The van der Waals surface area contributed by atoms with Crippen LogP contribution in [0.15, 0.2) is 24.5 Å². The molecule has 1 atom stereocenters. The topological polar surface area (TPSA) is 81.9 Å². The van der Waals surface area contributed by atoms with E-state index in [9.17, 15) is 4.79 Å². The first-order valence-electron chi connectivity index (χ1n) is 10.5. The van der Waals surface area contributed by atoms with Crippen LogP contribution in [0.3, 0.4) is 0 Å². The molecule has 8 heteroatoms. The third kappa shape index (κ3) is 3.26. The summed E-state index contributed by atoms with van der Waals surface area (Å²) in [5, 5.41) is 4.24. The predicted molar refractivity (Wildman–Crippen MR) is 110 cm³/mol. The van der Waals surface area contributed by atoms with Gasteiger partial charge in [0.05, 0.1) is 6.04 Å². The Hall–Kier alpha value is -3.16. The minimum atomic E-state index is 0.0893. The van der Waals surface area contributed by atoms with Gasteiger partial charge in [-0.25, -0.2) is 9.50 Å². The average Bonchev–Trinajstić information content (AvgIpc) is 3.43. The molecule has 8 nitrogen and oxygen atoms in total. The van der Waals surface area contributed by atoms with Gasteiger partial charge in [0.15, 0.2) is 11.5 Å². The fourth-order valence-electron chi connectivity index (χ4n) is 4.57. The van der Waals surface area contributed by atoms with Crippen LogP contribution in [0.5, 0.6) is 11.5 Å². The number of likely N-dealkylation sites (tertiary alicyclic amines) is 1. The fraction of sp³-hybridized carbons (Fsp3) is 0.455. The van der Waals surface area contributed by atoms with Crippen molar-refractivity contribution in [2.75, 3.05) is 19.8 Å². The Morgan fingerprint density at radius 1 is 1.20 bits per heavy atom. The zero-order valence-electron chi connectivity index (χ0n) is 17.3. The molecule has 0 unspecified atom stereocenters. The summed E-state index contributed by atoms with van der Waals surface area (Å²) >= 11 is 0. The van der Waals surface area contributed by atoms with Gasteiger partial charge >= 0.3 is 0 Å². The lowest BCUT2D eigenvalue weighted by atomic mass is 10.0. The second-order valence-corrected chi connectivity index (χ2v) is 7.88. The standard InChI is InChI=1S/C22H25N5O3/c1-14-17(15(2)27-22(25-14)23-13-24-27)6-8-21(28)26-9-3-4-18(26)16-5-7-19-20(12-16)30-11-10-29-19/h5,7,12-13,18H,3-4,6,8-11H2,1-2H3/t18-/m1/s1. The number of aryl methyl sites for hydroxylation is 2. The first kappa shape index (κ1) is 18.8. The van der Waals surface area contributed by atoms with Crippen LogP contribution in [0, 0.1) is 13.8 Å². The summed E-state index contributed by atoms with van der Waals surface area (Å²) in [5.41, 5.74) is 4.08. The van der Waals surface area contributed by atoms with Gasteiger partial charge in [0.1, 0.15) is 19.5 Å². The molecule has 5 rings (SSSR count). The molecule has 0 saturated carbocycles. The normalized spacial score (nSPS) is 18.2. The molecule has 156 valence electrons. The van der Waals surface area contributed by atoms with E-state index in [-0.39, 0.29) is 11.9 Å². The summed E-state index contributed by atoms with van der Waals surface area (Å²) in [4.78, 5) is 23.8. The molecule has 4 heterocycles. The molecular weight excluding hydrogens is 382 g/mol. The number of aromatic nitrogens is 4. The van der Waals surface area contributed by atoms with Crippen LogP contribution in [0.4, 0.5) is 0 Å². The lowest BCUT2D eigenvalue weighted by molar-refractivity contribution is -0.132. The smallest absolute Gasteiger partial charge is 0.252 e. The highest BCUT2D eigenvalue weighted by Gasteiger charge is 2.30. The monoisotopic (exact) mass is 407 g/mol. The second-order valence-electron chi connectivity index (χ2n) is 7.88. The molecule has 0 N–H and O–H groups in total. The zero-order chi connectivity index (χ0) is 20.7. The molecular formula is C22H25N5O3. The van der Waals surface area contributed by atoms with E-state index in [2.05, 4.69) is 21.1 Å². The predicted octanol–water partition coefficient (Wildman–Crippen LogP) is 2.81. The Morgan fingerprint density at radius 3 is 2.90 bits per heavy atom. The quantitative estimate of drug-likeness (QED) is 0.662. The molecule has 2 aliphatic rings. The number of fused-ring (bicyclic) bond motifs is 2. The van der Waals surface area contributed by atoms with Gasteiger partial charge in [0, 0.05) is 24.4 Å². The van der Waals surface area contributed by atoms with E-state index in [1.54, 1.807) is 4.52 Å². The minimum absolute atomic E-state index is 0.0893. The van der Waals surface area contributed by atoms with Crippen molar-refractivity contribution < 1.29 is 14.3 Å². The highest BCUT2D eigenvalue weighted by molar-refractivity contribution is 5.77. The van der Waals surface area contributed by atoms with Crippen LogP contribution in [0.2, 0.25) is 0 Å². The Bertz CT molecular complexity index is 1110. The van der Waals surface area contributed by atoms with Gasteiger partial charge in [-0.05, 0) is 56.4 Å². The number of benzene rings is 1. The van der Waals surface area contributed by atoms with E-state index >= 15 is 0 Å². The number of hydrogen-bond donors (Lipinski definition) is 0. The number of hydrogen-bond acceptors (Lipinski definition) is 6. The summed E-state index contributed by atoms with van der Waals surface area (Å²) < 4.78 is 13.1. The van der Waals surface area contributed by atoms with Crippen LogP contribution >= 0.6 is 0 Å². The summed E-state index contributed by atoms with van der Waals surface area (Å²) in [6.07, 6.45) is 4.57. The van der Waals surface area contributed by atoms with Gasteiger partial charge in [-0.3, -0.25) is 4.79 Å². The van der Waals surface area contributed by atoms with Crippen molar-refractivity contribution in [1.82, 2.24) is 24.5 Å². The van der Waals surface area contributed by atoms with Crippen LogP contribution in [-0.2, 0) is 11.2 Å². The first-order valence-corrected chi connectivity index (χ1v) is 10.5. The molecule has 1 aromatic carbocycles. The van der Waals surface area contributed by atoms with E-state index < -0.39 is 0 Å². The summed E-state index contributed by atoms with van der Waals surface area (Å²) in [7, 11) is 0. The van der Waals surface area contributed by atoms with Gasteiger partial charge < -0.3 is 14.4 Å². The molecule has 3 aromatic rings. The molecule has 1 saturated heterocycles. The Morgan fingerprint density at radius 2 is 2.03 bits per heavy atom. The number of ether oxygens (including phenoxy) is 2. The first-order chi connectivity index (χ1) is 14.6. The third-order valence-electron chi connectivity index (χ3n) is 6.10. The van der Waals surface area contributed by atoms with Gasteiger partial charge in [-0.2, -0.15) is 10.1 Å². The lowest BCUT2D eigenvalue weighted by Gasteiger charge is -2.27. The van der Waals surface area contributed by atoms with E-state index in [0.29, 0.717) is 31.8 Å². The molecule has 0 spiro atoms. The SMILES string of the molecule is Cc1nc2ncnn2c(C)c1CCC(=O)N1CCC[C@@H]1c1ccc2c(c1)OCCO2. The van der Waals surface area contributed by atoms with Crippen LogP contribution in [0.25, 0.3) is 5.78 Å². The molecule has 1 fully saturated rings. The number of nitrogens with zero attached hydrogens (tertiary/aromatic N) is 5. The van der Waals surface area contributed by atoms with Crippen molar-refractivity contribution in [1.29, 1.82) is 0 Å². The zero-order valence-corrected chi connectivity index (χ0v) is 17.3. The van der Waals surface area contributed by atoms with Gasteiger partial charge in [0.2, 0.25) is 5.91 Å². The number of carbonyl (C=O) groups is 1. The molecule has 2 aromatic heterocycles. The van der Waals surface area contributed by atoms with E-state index in [1.165, 1.54) is 6.33 Å². The highest BCUT2D eigenvalue weighted by atomic mass is 16.6. The second kappa shape index (κ2) is 7.59. The Labute approximate surface area is 174 Å². The third-order valence-corrected chi connectivity index (χ3v) is 6.10. The summed E-state index contributed by atoms with van der Waals surface area (Å²) in [6, 6.07) is 6.13. The van der Waals surface area contributed by atoms with Crippen molar-refractivity contribution in [3.63, 3.8) is 0 Å². The maximum Gasteiger partial charge on any atom is 0.252 e. The van der Waals surface area contributed by atoms with Crippen molar-refractivity contribution in [3.8, 4) is 11.5 Å². The summed E-state index contributed by atoms with van der Waals surface area (Å²) in [5.74, 6) is 2.32. The molecule has 30 heavy (non-hydrogen) atoms. The maximum atomic E-state index is 13.1. The van der Waals surface area contributed by atoms with E-state index in [4.69, 9.17) is 9.47 Å². The van der Waals surface area contributed by atoms with Gasteiger partial charge in [-0.15, -0.1) is 0 Å². The Kier molecular flexibility index (Phi) is 4.77. The number of rotatable bonds is 4. The largest absolute Gasteiger partial charge is 0.486 e. The fourth-order valence-corrected chi connectivity index (χ4v) is 4.57. The van der Waals surface area contributed by atoms with Crippen molar-refractivity contribution in [3.05, 3.63) is 47.0 Å². The maximum absolute atomic E-state index is 13.1. The van der Waals surface area contributed by atoms with Crippen LogP contribution < -0.4 is 9.47 Å². The van der Waals surface area contributed by atoms with Crippen LogP contribution in [0.1, 0.15) is 47.8 Å². The molecule has 2 aliphatic heterocycles. The number of carbonyl (C=O) groups excluding carboxylic acids is 1. The van der Waals surface area contributed by atoms with Crippen molar-refractivity contribution in [2.24, 2.45) is 0 Å². The molecule has 1 amide bonds. The van der Waals surface area contributed by atoms with E-state index in [1.807, 2.05) is 30.9 Å². The van der Waals surface area contributed by atoms with Crippen molar-refractivity contribution in [2.45, 2.75) is 45.6 Å². The minimum Gasteiger partial charge on any atom is -0.486 e. The average molecular weight is 407 g/mol. The molecule has 0 bridgehead atoms. The van der Waals surface area contributed by atoms with Gasteiger partial charge in [-0.1, -0.05) is 6.07 Å². The number of amides is 1. The lowest BCUT2D eigenvalue weighted by Crippen LogP contribution is -2.31. The summed E-state index contributed by atoms with van der Waals surface area (Å²) in [6.45, 7) is 5.90. The van der Waals surface area contributed by atoms with Gasteiger partial charge in [0.25, 0.3) is 5.78 Å². The Balaban J connectivity index is 1.32. The van der Waals surface area contributed by atoms with Crippen LogP contribution in [-0.4, -0.2) is 50.1 Å². The van der Waals surface area contributed by atoms with E-state index in [0.717, 1.165) is 53.4 Å². The highest BCUT2D eigenvalue weighted by Crippen LogP contribution is 2.38. The molecule has 0 radical (unpaired) electrons. The molecule has 0 aliphatic carbocycles.